The molecule has 2 amide bonds. The number of aliphatic imine (C=N–C) groups is 1. The maximum absolute atomic E-state index is 13.6. The van der Waals surface area contributed by atoms with Crippen LogP contribution in [-0.2, 0) is 11.2 Å². The van der Waals surface area contributed by atoms with E-state index in [1.807, 2.05) is 12.1 Å². The van der Waals surface area contributed by atoms with Gasteiger partial charge >= 0.3 is 0 Å². The van der Waals surface area contributed by atoms with E-state index in [9.17, 15) is 9.59 Å². The first-order valence-corrected chi connectivity index (χ1v) is 11.4. The Morgan fingerprint density at radius 3 is 2.40 bits per heavy atom. The van der Waals surface area contributed by atoms with E-state index < -0.39 is 11.9 Å². The number of nitrogens with two attached hydrogens (primary N) is 1. The van der Waals surface area contributed by atoms with Crippen molar-refractivity contribution in [2.24, 2.45) is 10.7 Å². The lowest BCUT2D eigenvalue weighted by Crippen LogP contribution is -2.36. The Balaban J connectivity index is 1.93. The molecule has 0 bridgehead atoms. The van der Waals surface area contributed by atoms with Gasteiger partial charge in [-0.3, -0.25) is 14.6 Å². The minimum atomic E-state index is -0.770. The number of nitrogens with zero attached hydrogens (tertiary/aromatic N) is 2. The SMILES string of the molecule is COc1cc2c(cc1OC)N(C)C(=O)C(Cc1ccc(Cl)c(Cl)c1)N=C2c1cccc(C(N)=O)c1. The van der Waals surface area contributed by atoms with Gasteiger partial charge in [-0.1, -0.05) is 41.4 Å². The minimum Gasteiger partial charge on any atom is -0.493 e. The number of amides is 2. The van der Waals surface area contributed by atoms with E-state index in [1.165, 1.54) is 14.2 Å². The first-order chi connectivity index (χ1) is 16.7. The molecule has 7 nitrogen and oxygen atoms in total. The van der Waals surface area contributed by atoms with Gasteiger partial charge in [-0.15, -0.1) is 0 Å². The number of fused-ring (bicyclic) bond motifs is 1. The second-order valence-electron chi connectivity index (χ2n) is 8.01. The third-order valence-electron chi connectivity index (χ3n) is 5.85. The van der Waals surface area contributed by atoms with Crippen molar-refractivity contribution in [3.8, 4) is 11.5 Å². The predicted molar refractivity (Wildman–Crippen MR) is 138 cm³/mol. The summed E-state index contributed by atoms with van der Waals surface area (Å²) in [5.41, 5.74) is 9.05. The van der Waals surface area contributed by atoms with Crippen molar-refractivity contribution in [3.63, 3.8) is 0 Å². The van der Waals surface area contributed by atoms with Crippen molar-refractivity contribution >= 4 is 46.4 Å². The zero-order valence-corrected chi connectivity index (χ0v) is 20.9. The lowest BCUT2D eigenvalue weighted by molar-refractivity contribution is -0.119. The fourth-order valence-corrected chi connectivity index (χ4v) is 4.35. The molecular weight excluding hydrogens is 489 g/mol. The third-order valence-corrected chi connectivity index (χ3v) is 6.59. The number of ether oxygens (including phenoxy) is 2. The van der Waals surface area contributed by atoms with Gasteiger partial charge in [-0.05, 0) is 35.9 Å². The van der Waals surface area contributed by atoms with Gasteiger partial charge in [0, 0.05) is 36.2 Å². The van der Waals surface area contributed by atoms with Crippen LogP contribution in [0.3, 0.4) is 0 Å². The zero-order chi connectivity index (χ0) is 25.3. The summed E-state index contributed by atoms with van der Waals surface area (Å²) in [6, 6.07) is 14.8. The number of carbonyl (C=O) groups excluding carboxylic acids is 2. The fourth-order valence-electron chi connectivity index (χ4n) is 4.03. The van der Waals surface area contributed by atoms with Crippen LogP contribution in [0.15, 0.2) is 59.6 Å². The van der Waals surface area contributed by atoms with Crippen LogP contribution in [0.5, 0.6) is 11.5 Å². The average Bonchev–Trinajstić information content (AvgIpc) is 2.95. The lowest BCUT2D eigenvalue weighted by atomic mass is 9.97. The van der Waals surface area contributed by atoms with Gasteiger partial charge in [-0.25, -0.2) is 0 Å². The maximum Gasteiger partial charge on any atom is 0.251 e. The first kappa shape index (κ1) is 24.6. The summed E-state index contributed by atoms with van der Waals surface area (Å²) < 4.78 is 11.0. The topological polar surface area (TPSA) is 94.2 Å². The van der Waals surface area contributed by atoms with Gasteiger partial charge in [0.25, 0.3) is 5.91 Å². The summed E-state index contributed by atoms with van der Waals surface area (Å²) in [5, 5.41) is 0.827. The molecule has 0 radical (unpaired) electrons. The molecule has 1 aliphatic heterocycles. The number of benzodiazepines with no additional fused rings is 1. The molecule has 1 heterocycles. The summed E-state index contributed by atoms with van der Waals surface area (Å²) in [5.74, 6) is 0.174. The number of primary amides is 1. The predicted octanol–water partition coefficient (Wildman–Crippen LogP) is 4.53. The van der Waals surface area contributed by atoms with Crippen LogP contribution >= 0.6 is 23.2 Å². The number of benzene rings is 3. The molecule has 3 aromatic rings. The number of methoxy groups -OCH3 is 2. The van der Waals surface area contributed by atoms with Crippen molar-refractivity contribution in [2.45, 2.75) is 12.5 Å². The number of carbonyl (C=O) groups is 2. The highest BCUT2D eigenvalue weighted by Gasteiger charge is 2.32. The van der Waals surface area contributed by atoms with Gasteiger partial charge in [0.1, 0.15) is 6.04 Å². The third kappa shape index (κ3) is 4.83. The minimum absolute atomic E-state index is 0.217. The zero-order valence-electron chi connectivity index (χ0n) is 19.3. The molecule has 9 heteroatoms. The summed E-state index contributed by atoms with van der Waals surface area (Å²) in [6.07, 6.45) is 0.293. The fraction of sp³-hybridized carbons (Fsp3) is 0.192. The van der Waals surface area contributed by atoms with E-state index >= 15 is 0 Å². The van der Waals surface area contributed by atoms with E-state index in [2.05, 4.69) is 0 Å². The maximum atomic E-state index is 13.6. The quantitative estimate of drug-likeness (QED) is 0.525. The molecule has 180 valence electrons. The van der Waals surface area contributed by atoms with Gasteiger partial charge in [0.15, 0.2) is 11.5 Å². The number of anilines is 1. The Kier molecular flexibility index (Phi) is 7.00. The second-order valence-corrected chi connectivity index (χ2v) is 8.83. The van der Waals surface area contributed by atoms with Crippen LogP contribution in [0, 0.1) is 0 Å². The van der Waals surface area contributed by atoms with Crippen molar-refractivity contribution < 1.29 is 19.1 Å². The van der Waals surface area contributed by atoms with E-state index in [1.54, 1.807) is 54.4 Å². The van der Waals surface area contributed by atoms with Crippen molar-refractivity contribution in [1.29, 1.82) is 0 Å². The summed E-state index contributed by atoms with van der Waals surface area (Å²) in [6.45, 7) is 0. The Hall–Kier alpha value is -3.55. The highest BCUT2D eigenvalue weighted by atomic mass is 35.5. The van der Waals surface area contributed by atoms with Crippen molar-refractivity contribution in [1.82, 2.24) is 0 Å². The molecule has 2 N–H and O–H groups in total. The summed E-state index contributed by atoms with van der Waals surface area (Å²) in [7, 11) is 4.75. The van der Waals surface area contributed by atoms with Crippen molar-refractivity contribution in [3.05, 3.63) is 86.9 Å². The molecule has 1 aliphatic rings. The second kappa shape index (κ2) is 9.98. The summed E-state index contributed by atoms with van der Waals surface area (Å²) >= 11 is 12.3. The van der Waals surface area contributed by atoms with Crippen LogP contribution in [0.1, 0.15) is 27.0 Å². The Labute approximate surface area is 213 Å². The van der Waals surface area contributed by atoms with Gasteiger partial charge in [-0.2, -0.15) is 0 Å². The molecule has 0 saturated carbocycles. The number of hydrogen-bond donors (Lipinski definition) is 1. The number of rotatable bonds is 6. The van der Waals surface area contributed by atoms with Crippen LogP contribution in [0.2, 0.25) is 10.0 Å². The lowest BCUT2D eigenvalue weighted by Gasteiger charge is -2.22. The normalized spacial score (nSPS) is 15.2. The number of likely N-dealkylation sites (N-methyl/N-ethyl adjacent to an activating group) is 1. The van der Waals surface area contributed by atoms with E-state index in [4.69, 9.17) is 43.4 Å². The molecule has 0 aliphatic carbocycles. The van der Waals surface area contributed by atoms with Gasteiger partial charge < -0.3 is 20.1 Å². The Morgan fingerprint density at radius 2 is 1.74 bits per heavy atom. The molecule has 0 spiro atoms. The molecule has 1 atom stereocenters. The molecule has 1 unspecified atom stereocenters. The largest absolute Gasteiger partial charge is 0.493 e. The number of hydrogen-bond acceptors (Lipinski definition) is 5. The van der Waals surface area contributed by atoms with Crippen LogP contribution in [0.25, 0.3) is 0 Å². The highest BCUT2D eigenvalue weighted by Crippen LogP contribution is 2.38. The Bertz CT molecular complexity index is 1360. The number of halogens is 2. The highest BCUT2D eigenvalue weighted by molar-refractivity contribution is 6.42. The standard InChI is InChI=1S/C26H23Cl2N3O4/c1-31-21-13-23(35-3)22(34-2)12-17(21)24(15-5-4-6-16(11-15)25(29)32)30-20(26(31)33)10-14-7-8-18(27)19(28)9-14/h4-9,11-13,20H,10H2,1-3H3,(H2,29,32). The first-order valence-electron chi connectivity index (χ1n) is 10.7. The van der Waals surface area contributed by atoms with E-state index in [0.29, 0.717) is 56.1 Å². The molecule has 35 heavy (non-hydrogen) atoms. The average molecular weight is 512 g/mol. The van der Waals surface area contributed by atoms with Crippen LogP contribution < -0.4 is 20.1 Å². The van der Waals surface area contributed by atoms with Gasteiger partial charge in [0.2, 0.25) is 5.91 Å². The van der Waals surface area contributed by atoms with E-state index in [0.717, 1.165) is 5.56 Å². The van der Waals surface area contributed by atoms with Crippen LogP contribution in [0.4, 0.5) is 5.69 Å². The Morgan fingerprint density at radius 1 is 1.03 bits per heavy atom. The molecule has 0 fully saturated rings. The smallest absolute Gasteiger partial charge is 0.251 e. The monoisotopic (exact) mass is 511 g/mol. The molecule has 0 saturated heterocycles. The van der Waals surface area contributed by atoms with E-state index in [-0.39, 0.29) is 5.91 Å². The van der Waals surface area contributed by atoms with Gasteiger partial charge in [0.05, 0.1) is 35.7 Å². The molecule has 0 aromatic heterocycles. The van der Waals surface area contributed by atoms with Crippen molar-refractivity contribution in [2.75, 3.05) is 26.2 Å². The molecule has 4 rings (SSSR count). The molecule has 3 aromatic carbocycles. The van der Waals surface area contributed by atoms with Crippen LogP contribution in [-0.4, -0.2) is 44.8 Å². The molecular formula is C26H23Cl2N3O4. The summed E-state index contributed by atoms with van der Waals surface area (Å²) in [4.78, 5) is 31.9.